The maximum Gasteiger partial charge on any atom is 0.303 e. The lowest BCUT2D eigenvalue weighted by molar-refractivity contribution is -0.137. The van der Waals surface area contributed by atoms with Gasteiger partial charge in [-0.2, -0.15) is 0 Å². The Hall–Kier alpha value is -2.13. The van der Waals surface area contributed by atoms with Crippen LogP contribution in [-0.4, -0.2) is 16.2 Å². The zero-order chi connectivity index (χ0) is 14.4. The van der Waals surface area contributed by atoms with Gasteiger partial charge >= 0.3 is 5.97 Å². The molecule has 0 aliphatic rings. The first-order chi connectivity index (χ1) is 9.66. The van der Waals surface area contributed by atoms with Crippen LogP contribution in [0.2, 0.25) is 0 Å². The molecule has 1 atom stereocenters. The topological polar surface area (TPSA) is 57.5 Å². The SMILES string of the molecule is O=C(O)CCCC(O)c1ccc(-c2ccccc2)cc1. The van der Waals surface area contributed by atoms with E-state index in [1.54, 1.807) is 0 Å². The summed E-state index contributed by atoms with van der Waals surface area (Å²) < 4.78 is 0. The molecule has 1 unspecified atom stereocenters. The van der Waals surface area contributed by atoms with Gasteiger partial charge < -0.3 is 10.2 Å². The van der Waals surface area contributed by atoms with Crippen molar-refractivity contribution < 1.29 is 15.0 Å². The third-order valence-corrected chi connectivity index (χ3v) is 3.27. The monoisotopic (exact) mass is 270 g/mol. The van der Waals surface area contributed by atoms with Crippen molar-refractivity contribution in [3.63, 3.8) is 0 Å². The van der Waals surface area contributed by atoms with E-state index < -0.39 is 12.1 Å². The number of benzene rings is 2. The number of carboxylic acids is 1. The van der Waals surface area contributed by atoms with E-state index in [2.05, 4.69) is 0 Å². The van der Waals surface area contributed by atoms with E-state index in [9.17, 15) is 9.90 Å². The van der Waals surface area contributed by atoms with Crippen LogP contribution in [0.25, 0.3) is 11.1 Å². The second-order valence-corrected chi connectivity index (χ2v) is 4.79. The Morgan fingerprint density at radius 2 is 1.55 bits per heavy atom. The number of rotatable bonds is 6. The number of aliphatic hydroxyl groups excluding tert-OH is 1. The fourth-order valence-corrected chi connectivity index (χ4v) is 2.14. The first kappa shape index (κ1) is 14.3. The molecule has 0 aliphatic carbocycles. The molecule has 3 nitrogen and oxygen atoms in total. The number of hydrogen-bond acceptors (Lipinski definition) is 2. The van der Waals surface area contributed by atoms with Crippen molar-refractivity contribution in [1.29, 1.82) is 0 Å². The molecule has 3 heteroatoms. The second kappa shape index (κ2) is 6.87. The Labute approximate surface area is 118 Å². The van der Waals surface area contributed by atoms with Crippen LogP contribution in [-0.2, 0) is 4.79 Å². The molecule has 0 aliphatic heterocycles. The van der Waals surface area contributed by atoms with E-state index >= 15 is 0 Å². The molecule has 0 bridgehead atoms. The molecular weight excluding hydrogens is 252 g/mol. The highest BCUT2D eigenvalue weighted by molar-refractivity contribution is 5.66. The van der Waals surface area contributed by atoms with Crippen molar-refractivity contribution in [3.05, 3.63) is 60.2 Å². The first-order valence-electron chi connectivity index (χ1n) is 6.72. The molecule has 0 aromatic heterocycles. The highest BCUT2D eigenvalue weighted by Gasteiger charge is 2.08. The summed E-state index contributed by atoms with van der Waals surface area (Å²) in [5.74, 6) is -0.823. The molecule has 0 saturated heterocycles. The molecule has 0 radical (unpaired) electrons. The molecule has 2 N–H and O–H groups in total. The van der Waals surface area contributed by atoms with E-state index in [1.165, 1.54) is 0 Å². The molecule has 20 heavy (non-hydrogen) atoms. The summed E-state index contributed by atoms with van der Waals surface area (Å²) in [7, 11) is 0. The van der Waals surface area contributed by atoms with Gasteiger partial charge in [-0.05, 0) is 29.5 Å². The van der Waals surface area contributed by atoms with Crippen molar-refractivity contribution in [2.24, 2.45) is 0 Å². The van der Waals surface area contributed by atoms with E-state index in [4.69, 9.17) is 5.11 Å². The van der Waals surface area contributed by atoms with Gasteiger partial charge in [0.15, 0.2) is 0 Å². The Balaban J connectivity index is 1.99. The van der Waals surface area contributed by atoms with Gasteiger partial charge in [0.1, 0.15) is 0 Å². The molecule has 0 heterocycles. The van der Waals surface area contributed by atoms with Gasteiger partial charge in [0.05, 0.1) is 6.10 Å². The van der Waals surface area contributed by atoms with Crippen LogP contribution in [0.3, 0.4) is 0 Å². The number of aliphatic carboxylic acids is 1. The van der Waals surface area contributed by atoms with Gasteiger partial charge in [0, 0.05) is 6.42 Å². The van der Waals surface area contributed by atoms with E-state index in [-0.39, 0.29) is 6.42 Å². The molecule has 0 fully saturated rings. The first-order valence-corrected chi connectivity index (χ1v) is 6.72. The second-order valence-electron chi connectivity index (χ2n) is 4.79. The summed E-state index contributed by atoms with van der Waals surface area (Å²) >= 11 is 0. The van der Waals surface area contributed by atoms with Crippen LogP contribution in [0.15, 0.2) is 54.6 Å². The smallest absolute Gasteiger partial charge is 0.303 e. The quantitative estimate of drug-likeness (QED) is 0.842. The van der Waals surface area contributed by atoms with E-state index in [1.807, 2.05) is 54.6 Å². The highest BCUT2D eigenvalue weighted by Crippen LogP contribution is 2.24. The Kier molecular flexibility index (Phi) is 4.91. The van der Waals surface area contributed by atoms with Gasteiger partial charge in [-0.15, -0.1) is 0 Å². The normalized spacial score (nSPS) is 12.1. The van der Waals surface area contributed by atoms with Crippen molar-refractivity contribution in [2.75, 3.05) is 0 Å². The predicted octanol–water partition coefficient (Wildman–Crippen LogP) is 3.64. The minimum Gasteiger partial charge on any atom is -0.481 e. The number of aliphatic hydroxyl groups is 1. The maximum atomic E-state index is 10.4. The predicted molar refractivity (Wildman–Crippen MR) is 78.3 cm³/mol. The van der Waals surface area contributed by atoms with Gasteiger partial charge in [0.2, 0.25) is 0 Å². The average molecular weight is 270 g/mol. The Morgan fingerprint density at radius 3 is 2.15 bits per heavy atom. The lowest BCUT2D eigenvalue weighted by Crippen LogP contribution is -2.00. The summed E-state index contributed by atoms with van der Waals surface area (Å²) in [6.45, 7) is 0. The molecule has 0 spiro atoms. The van der Waals surface area contributed by atoms with Gasteiger partial charge in [-0.3, -0.25) is 4.79 Å². The minimum absolute atomic E-state index is 0.0964. The minimum atomic E-state index is -0.823. The summed E-state index contributed by atoms with van der Waals surface area (Å²) in [5, 5.41) is 18.6. The van der Waals surface area contributed by atoms with Crippen LogP contribution in [0.4, 0.5) is 0 Å². The summed E-state index contributed by atoms with van der Waals surface area (Å²) in [4.78, 5) is 10.4. The molecule has 0 saturated carbocycles. The summed E-state index contributed by atoms with van der Waals surface area (Å²) in [6, 6.07) is 17.8. The van der Waals surface area contributed by atoms with Crippen molar-refractivity contribution >= 4 is 5.97 Å². The molecule has 2 rings (SSSR count). The molecule has 0 amide bonds. The standard InChI is InChI=1S/C17H18O3/c18-16(7-4-8-17(19)20)15-11-9-14(10-12-15)13-5-2-1-3-6-13/h1-3,5-6,9-12,16,18H,4,7-8H2,(H,19,20). The van der Waals surface area contributed by atoms with Crippen LogP contribution in [0.5, 0.6) is 0 Å². The molecule has 2 aromatic rings. The molecule has 104 valence electrons. The van der Waals surface area contributed by atoms with Crippen LogP contribution >= 0.6 is 0 Å². The third kappa shape index (κ3) is 3.93. The van der Waals surface area contributed by atoms with Crippen molar-refractivity contribution in [3.8, 4) is 11.1 Å². The number of carboxylic acid groups (broad SMARTS) is 1. The zero-order valence-electron chi connectivity index (χ0n) is 11.2. The summed E-state index contributed by atoms with van der Waals surface area (Å²) in [6.07, 6.45) is 0.451. The van der Waals surface area contributed by atoms with Gasteiger partial charge in [-0.25, -0.2) is 0 Å². The van der Waals surface area contributed by atoms with Gasteiger partial charge in [-0.1, -0.05) is 54.6 Å². The molecule has 2 aromatic carbocycles. The average Bonchev–Trinajstić information content (AvgIpc) is 2.48. The van der Waals surface area contributed by atoms with Crippen molar-refractivity contribution in [2.45, 2.75) is 25.4 Å². The van der Waals surface area contributed by atoms with Crippen LogP contribution < -0.4 is 0 Å². The van der Waals surface area contributed by atoms with E-state index in [0.29, 0.717) is 12.8 Å². The van der Waals surface area contributed by atoms with Crippen LogP contribution in [0.1, 0.15) is 30.9 Å². The zero-order valence-corrected chi connectivity index (χ0v) is 11.2. The van der Waals surface area contributed by atoms with Gasteiger partial charge in [0.25, 0.3) is 0 Å². The Morgan fingerprint density at radius 1 is 0.950 bits per heavy atom. The van der Waals surface area contributed by atoms with Crippen molar-refractivity contribution in [1.82, 2.24) is 0 Å². The number of carbonyl (C=O) groups is 1. The van der Waals surface area contributed by atoms with E-state index in [0.717, 1.165) is 16.7 Å². The Bertz CT molecular complexity index is 546. The summed E-state index contributed by atoms with van der Waals surface area (Å²) in [5.41, 5.74) is 3.07. The highest BCUT2D eigenvalue weighted by atomic mass is 16.4. The molecular formula is C17H18O3. The maximum absolute atomic E-state index is 10.4. The number of hydrogen-bond donors (Lipinski definition) is 2. The third-order valence-electron chi connectivity index (χ3n) is 3.27. The fourth-order valence-electron chi connectivity index (χ4n) is 2.14. The fraction of sp³-hybridized carbons (Fsp3) is 0.235. The lowest BCUT2D eigenvalue weighted by Gasteiger charge is -2.11. The largest absolute Gasteiger partial charge is 0.481 e. The van der Waals surface area contributed by atoms with Crippen LogP contribution in [0, 0.1) is 0 Å². The lowest BCUT2D eigenvalue weighted by atomic mass is 9.99.